The molecule has 5 atom stereocenters. The first-order chi connectivity index (χ1) is 6.25. The highest BCUT2D eigenvalue weighted by Crippen LogP contribution is 2.58. The van der Waals surface area contributed by atoms with E-state index in [9.17, 15) is 0 Å². The van der Waals surface area contributed by atoms with Crippen molar-refractivity contribution in [1.29, 1.82) is 0 Å². The second-order valence-corrected chi connectivity index (χ2v) is 7.23. The maximum Gasteiger partial charge on any atom is 0.0144 e. The van der Waals surface area contributed by atoms with E-state index >= 15 is 0 Å². The zero-order valence-corrected chi connectivity index (χ0v) is 10.5. The molecule has 0 aromatic heterocycles. The Balaban J connectivity index is 1.43. The van der Waals surface area contributed by atoms with Crippen molar-refractivity contribution >= 4 is 22.6 Å². The van der Waals surface area contributed by atoms with Gasteiger partial charge in [-0.3, -0.25) is 0 Å². The normalized spacial score (nSPS) is 50.3. The Morgan fingerprint density at radius 1 is 1.31 bits per heavy atom. The first kappa shape index (κ1) is 8.99. The van der Waals surface area contributed by atoms with Gasteiger partial charge >= 0.3 is 0 Å². The first-order valence-corrected chi connectivity index (χ1v) is 7.14. The van der Waals surface area contributed by atoms with E-state index in [1.807, 2.05) is 0 Å². The highest BCUT2D eigenvalue weighted by atomic mass is 127. The van der Waals surface area contributed by atoms with Crippen molar-refractivity contribution < 1.29 is 0 Å². The molecule has 0 spiro atoms. The lowest BCUT2D eigenvalue weighted by Crippen LogP contribution is -2.01. The lowest BCUT2D eigenvalue weighted by atomic mass is 9.98. The van der Waals surface area contributed by atoms with Crippen LogP contribution in [0.25, 0.3) is 0 Å². The third-order valence-electron chi connectivity index (χ3n) is 4.37. The number of halogens is 1. The van der Waals surface area contributed by atoms with Gasteiger partial charge in [-0.1, -0.05) is 29.5 Å². The van der Waals surface area contributed by atoms with Crippen LogP contribution in [-0.2, 0) is 0 Å². The highest BCUT2D eigenvalue weighted by molar-refractivity contribution is 14.1. The molecule has 3 saturated carbocycles. The van der Waals surface area contributed by atoms with Crippen LogP contribution in [0.4, 0.5) is 0 Å². The number of alkyl halides is 1. The van der Waals surface area contributed by atoms with E-state index in [0.717, 1.165) is 21.7 Å². The van der Waals surface area contributed by atoms with Gasteiger partial charge in [0.05, 0.1) is 0 Å². The second kappa shape index (κ2) is 3.11. The molecule has 0 N–H and O–H groups in total. The van der Waals surface area contributed by atoms with Gasteiger partial charge < -0.3 is 0 Å². The zero-order chi connectivity index (χ0) is 9.00. The monoisotopic (exact) mass is 290 g/mol. The molecule has 0 bridgehead atoms. The molecule has 74 valence electrons. The van der Waals surface area contributed by atoms with Crippen LogP contribution in [-0.4, -0.2) is 3.92 Å². The fourth-order valence-corrected chi connectivity index (χ4v) is 4.36. The topological polar surface area (TPSA) is 0 Å². The lowest BCUT2D eigenvalue weighted by molar-refractivity contribution is 0.423. The molecule has 0 saturated heterocycles. The number of hydrogen-bond donors (Lipinski definition) is 0. The third kappa shape index (κ3) is 1.91. The minimum absolute atomic E-state index is 1.03. The molecule has 0 nitrogen and oxygen atoms in total. The SMILES string of the molecule is CC(C[C@H]1CC1C1CC1)C1CC1I. The summed E-state index contributed by atoms with van der Waals surface area (Å²) in [7, 11) is 0. The average molecular weight is 290 g/mol. The van der Waals surface area contributed by atoms with Gasteiger partial charge in [-0.2, -0.15) is 0 Å². The van der Waals surface area contributed by atoms with E-state index in [1.54, 1.807) is 25.7 Å². The largest absolute Gasteiger partial charge is 0.0823 e. The van der Waals surface area contributed by atoms with Crippen molar-refractivity contribution in [2.45, 2.75) is 43.0 Å². The predicted octanol–water partition coefficient (Wildman–Crippen LogP) is 3.88. The van der Waals surface area contributed by atoms with E-state index < -0.39 is 0 Å². The lowest BCUT2D eigenvalue weighted by Gasteiger charge is -2.09. The Labute approximate surface area is 95.0 Å². The molecule has 4 unspecified atom stereocenters. The van der Waals surface area contributed by atoms with Crippen LogP contribution in [0.1, 0.15) is 39.0 Å². The minimum Gasteiger partial charge on any atom is -0.0823 e. The first-order valence-electron chi connectivity index (χ1n) is 5.89. The summed E-state index contributed by atoms with van der Waals surface area (Å²) in [6.45, 7) is 2.49. The van der Waals surface area contributed by atoms with Crippen LogP contribution < -0.4 is 0 Å². The summed E-state index contributed by atoms with van der Waals surface area (Å²) in [4.78, 5) is 0. The smallest absolute Gasteiger partial charge is 0.0144 e. The van der Waals surface area contributed by atoms with Gasteiger partial charge in [0.25, 0.3) is 0 Å². The molecule has 0 aliphatic heterocycles. The van der Waals surface area contributed by atoms with Crippen LogP contribution in [0.2, 0.25) is 0 Å². The van der Waals surface area contributed by atoms with Crippen molar-refractivity contribution in [2.24, 2.45) is 29.6 Å². The van der Waals surface area contributed by atoms with Crippen LogP contribution in [0.15, 0.2) is 0 Å². The Morgan fingerprint density at radius 2 is 2.00 bits per heavy atom. The highest BCUT2D eigenvalue weighted by Gasteiger charge is 2.49. The molecule has 0 aromatic rings. The summed E-state index contributed by atoms with van der Waals surface area (Å²) in [5, 5.41) is 0. The number of hydrogen-bond acceptors (Lipinski definition) is 0. The van der Waals surface area contributed by atoms with Gasteiger partial charge in [0.1, 0.15) is 0 Å². The summed E-state index contributed by atoms with van der Waals surface area (Å²) in [5.41, 5.74) is 0. The van der Waals surface area contributed by atoms with E-state index in [0.29, 0.717) is 0 Å². The van der Waals surface area contributed by atoms with E-state index in [1.165, 1.54) is 18.3 Å². The Kier molecular flexibility index (Phi) is 2.15. The Morgan fingerprint density at radius 3 is 2.54 bits per heavy atom. The van der Waals surface area contributed by atoms with E-state index in [-0.39, 0.29) is 0 Å². The molecule has 0 amide bonds. The molecular weight excluding hydrogens is 271 g/mol. The zero-order valence-electron chi connectivity index (χ0n) is 8.38. The molecule has 1 heteroatoms. The fourth-order valence-electron chi connectivity index (χ4n) is 3.07. The van der Waals surface area contributed by atoms with Crippen LogP contribution in [0, 0.1) is 29.6 Å². The molecule has 0 aromatic carbocycles. The van der Waals surface area contributed by atoms with Crippen molar-refractivity contribution in [3.63, 3.8) is 0 Å². The van der Waals surface area contributed by atoms with Crippen molar-refractivity contribution in [1.82, 2.24) is 0 Å². The average Bonchev–Trinajstić information content (AvgIpc) is 2.89. The Bertz CT molecular complexity index is 209. The molecule has 13 heavy (non-hydrogen) atoms. The van der Waals surface area contributed by atoms with E-state index in [4.69, 9.17) is 0 Å². The molecule has 3 aliphatic rings. The van der Waals surface area contributed by atoms with Crippen LogP contribution in [0.5, 0.6) is 0 Å². The second-order valence-electron chi connectivity index (χ2n) is 5.63. The van der Waals surface area contributed by atoms with Crippen molar-refractivity contribution in [3.05, 3.63) is 0 Å². The summed E-state index contributed by atoms with van der Waals surface area (Å²) in [6, 6.07) is 0. The van der Waals surface area contributed by atoms with Crippen molar-refractivity contribution in [2.75, 3.05) is 0 Å². The summed E-state index contributed by atoms with van der Waals surface area (Å²) in [5.74, 6) is 5.67. The molecule has 3 rings (SSSR count). The van der Waals surface area contributed by atoms with Crippen molar-refractivity contribution in [3.8, 4) is 0 Å². The molecule has 3 aliphatic carbocycles. The quantitative estimate of drug-likeness (QED) is 0.544. The van der Waals surface area contributed by atoms with E-state index in [2.05, 4.69) is 29.5 Å². The van der Waals surface area contributed by atoms with Crippen LogP contribution in [0.3, 0.4) is 0 Å². The fraction of sp³-hybridized carbons (Fsp3) is 1.00. The summed E-state index contributed by atoms with van der Waals surface area (Å²) < 4.78 is 1.03. The molecule has 0 radical (unpaired) electrons. The molecule has 3 fully saturated rings. The third-order valence-corrected chi connectivity index (χ3v) is 5.80. The maximum atomic E-state index is 2.63. The maximum absolute atomic E-state index is 2.63. The van der Waals surface area contributed by atoms with Gasteiger partial charge in [-0.15, -0.1) is 0 Å². The summed E-state index contributed by atoms with van der Waals surface area (Å²) in [6.07, 6.45) is 7.79. The van der Waals surface area contributed by atoms with Gasteiger partial charge in [0, 0.05) is 3.92 Å². The minimum atomic E-state index is 1.03. The van der Waals surface area contributed by atoms with Gasteiger partial charge in [0.2, 0.25) is 0 Å². The van der Waals surface area contributed by atoms with Gasteiger partial charge in [0.15, 0.2) is 0 Å². The molecular formula is C12H19I. The predicted molar refractivity (Wildman–Crippen MR) is 64.0 cm³/mol. The number of rotatable bonds is 4. The standard InChI is InChI=1S/C12H19I/c1-7(10-6-12(10)13)4-9-5-11(9)8-2-3-8/h7-12H,2-6H2,1H3/t7?,9-,10?,11?,12?/m0/s1. The molecule has 0 heterocycles. The van der Waals surface area contributed by atoms with Crippen LogP contribution >= 0.6 is 22.6 Å². The van der Waals surface area contributed by atoms with Gasteiger partial charge in [-0.05, 0) is 61.7 Å². The Hall–Kier alpha value is 0.730. The van der Waals surface area contributed by atoms with Gasteiger partial charge in [-0.25, -0.2) is 0 Å². The summed E-state index contributed by atoms with van der Waals surface area (Å²) >= 11 is 2.63.